The van der Waals surface area contributed by atoms with E-state index in [1.54, 1.807) is 32.3 Å². The molecule has 0 saturated carbocycles. The van der Waals surface area contributed by atoms with Crippen molar-refractivity contribution in [2.24, 2.45) is 5.92 Å². The highest BCUT2D eigenvalue weighted by Crippen LogP contribution is 2.14. The second-order valence-corrected chi connectivity index (χ2v) is 4.78. The van der Waals surface area contributed by atoms with E-state index < -0.39 is 0 Å². The van der Waals surface area contributed by atoms with Crippen LogP contribution in [-0.4, -0.2) is 47.7 Å². The van der Waals surface area contributed by atoms with Gasteiger partial charge in [0.1, 0.15) is 0 Å². The number of nitrogens with zero attached hydrogens (tertiary/aromatic N) is 2. The zero-order valence-electron chi connectivity index (χ0n) is 11.7. The third kappa shape index (κ3) is 2.79. The van der Waals surface area contributed by atoms with E-state index in [0.29, 0.717) is 12.1 Å². The average Bonchev–Trinajstić information content (AvgIpc) is 2.92. The zero-order valence-corrected chi connectivity index (χ0v) is 11.7. The maximum Gasteiger partial charge on any atom is 0.310 e. The fourth-order valence-electron chi connectivity index (χ4n) is 2.06. The Morgan fingerprint density at radius 3 is 2.90 bits per heavy atom. The third-order valence-electron chi connectivity index (χ3n) is 3.19. The van der Waals surface area contributed by atoms with E-state index in [1.807, 2.05) is 6.07 Å². The summed E-state index contributed by atoms with van der Waals surface area (Å²) in [4.78, 5) is 25.2. The molecule has 106 valence electrons. The lowest BCUT2D eigenvalue weighted by atomic mass is 10.1. The molecule has 0 aliphatic carbocycles. The maximum atomic E-state index is 12.3. The smallest absolute Gasteiger partial charge is 0.310 e. The van der Waals surface area contributed by atoms with Crippen molar-refractivity contribution in [3.8, 4) is 0 Å². The van der Waals surface area contributed by atoms with E-state index in [1.165, 1.54) is 12.0 Å². The van der Waals surface area contributed by atoms with E-state index in [-0.39, 0.29) is 17.8 Å². The molecule has 6 nitrogen and oxygen atoms in total. The summed E-state index contributed by atoms with van der Waals surface area (Å²) in [5, 5.41) is 7.70. The molecular weight excluding hydrogens is 258 g/mol. The van der Waals surface area contributed by atoms with Gasteiger partial charge in [-0.3, -0.25) is 14.7 Å². The number of rotatable bonds is 4. The van der Waals surface area contributed by atoms with Gasteiger partial charge in [0.15, 0.2) is 0 Å². The number of amides is 1. The van der Waals surface area contributed by atoms with Gasteiger partial charge in [-0.2, -0.15) is 5.10 Å². The van der Waals surface area contributed by atoms with Crippen LogP contribution in [0.3, 0.4) is 0 Å². The van der Waals surface area contributed by atoms with Gasteiger partial charge in [-0.05, 0) is 12.1 Å². The molecule has 0 radical (unpaired) electrons. The Labute approximate surface area is 116 Å². The van der Waals surface area contributed by atoms with Gasteiger partial charge in [0, 0.05) is 24.5 Å². The van der Waals surface area contributed by atoms with Crippen molar-refractivity contribution in [2.45, 2.75) is 6.92 Å². The molecule has 20 heavy (non-hydrogen) atoms. The van der Waals surface area contributed by atoms with Crippen molar-refractivity contribution in [3.05, 3.63) is 30.0 Å². The van der Waals surface area contributed by atoms with Crippen molar-refractivity contribution < 1.29 is 14.3 Å². The molecule has 0 spiro atoms. The van der Waals surface area contributed by atoms with Gasteiger partial charge in [0.2, 0.25) is 0 Å². The fraction of sp³-hybridized carbons (Fsp3) is 0.357. The van der Waals surface area contributed by atoms with Crippen molar-refractivity contribution in [1.29, 1.82) is 0 Å². The number of carbonyl (C=O) groups excluding carboxylic acids is 2. The summed E-state index contributed by atoms with van der Waals surface area (Å²) < 4.78 is 4.66. The van der Waals surface area contributed by atoms with Crippen LogP contribution < -0.4 is 0 Å². The predicted octanol–water partition coefficient (Wildman–Crippen LogP) is 1.44. The quantitative estimate of drug-likeness (QED) is 0.857. The number of aromatic amines is 1. The summed E-state index contributed by atoms with van der Waals surface area (Å²) in [6, 6.07) is 5.34. The lowest BCUT2D eigenvalue weighted by Gasteiger charge is -2.20. The molecule has 0 aliphatic rings. The summed E-state index contributed by atoms with van der Waals surface area (Å²) in [6.45, 7) is 2.04. The Morgan fingerprint density at radius 1 is 1.45 bits per heavy atom. The van der Waals surface area contributed by atoms with Crippen molar-refractivity contribution in [1.82, 2.24) is 15.1 Å². The molecule has 1 heterocycles. The molecular formula is C14H17N3O3. The van der Waals surface area contributed by atoms with Gasteiger partial charge in [-0.25, -0.2) is 0 Å². The van der Waals surface area contributed by atoms with Crippen molar-refractivity contribution in [3.63, 3.8) is 0 Å². The number of hydrogen-bond donors (Lipinski definition) is 1. The fourth-order valence-corrected chi connectivity index (χ4v) is 2.06. The SMILES string of the molecule is COC(=O)C(C)CN(C)C(=O)c1ccc2cn[nH]c2c1. The molecule has 0 fully saturated rings. The second-order valence-electron chi connectivity index (χ2n) is 4.78. The Bertz CT molecular complexity index is 635. The minimum atomic E-state index is -0.357. The number of methoxy groups -OCH3 is 1. The van der Waals surface area contributed by atoms with Crippen LogP contribution in [0.1, 0.15) is 17.3 Å². The average molecular weight is 275 g/mol. The first-order valence-electron chi connectivity index (χ1n) is 6.29. The Balaban J connectivity index is 2.11. The minimum Gasteiger partial charge on any atom is -0.469 e. The van der Waals surface area contributed by atoms with E-state index in [0.717, 1.165) is 10.9 Å². The highest BCUT2D eigenvalue weighted by Gasteiger charge is 2.19. The first-order valence-corrected chi connectivity index (χ1v) is 6.29. The molecule has 2 aromatic rings. The largest absolute Gasteiger partial charge is 0.469 e. The normalized spacial score (nSPS) is 12.2. The van der Waals surface area contributed by atoms with Gasteiger partial charge >= 0.3 is 5.97 Å². The van der Waals surface area contributed by atoms with Crippen molar-refractivity contribution in [2.75, 3.05) is 20.7 Å². The molecule has 0 bridgehead atoms. The Kier molecular flexibility index (Phi) is 4.02. The lowest BCUT2D eigenvalue weighted by molar-refractivity contribution is -0.145. The highest BCUT2D eigenvalue weighted by atomic mass is 16.5. The first-order chi connectivity index (χ1) is 9.52. The topological polar surface area (TPSA) is 75.3 Å². The van der Waals surface area contributed by atoms with Crippen LogP contribution >= 0.6 is 0 Å². The van der Waals surface area contributed by atoms with Crippen LogP contribution in [0.5, 0.6) is 0 Å². The lowest BCUT2D eigenvalue weighted by Crippen LogP contribution is -2.34. The zero-order chi connectivity index (χ0) is 14.7. The molecule has 1 aromatic carbocycles. The standard InChI is InChI=1S/C14H17N3O3/c1-9(14(19)20-3)8-17(2)13(18)10-4-5-11-7-15-16-12(11)6-10/h4-7,9H,8H2,1-3H3,(H,15,16). The molecule has 0 saturated heterocycles. The maximum absolute atomic E-state index is 12.3. The molecule has 1 aromatic heterocycles. The third-order valence-corrected chi connectivity index (χ3v) is 3.19. The van der Waals surface area contributed by atoms with Crippen LogP contribution in [0.2, 0.25) is 0 Å². The second kappa shape index (κ2) is 5.73. The predicted molar refractivity (Wildman–Crippen MR) is 74.2 cm³/mol. The van der Waals surface area contributed by atoms with Gasteiger partial charge in [-0.1, -0.05) is 13.0 Å². The first kappa shape index (κ1) is 14.0. The number of hydrogen-bond acceptors (Lipinski definition) is 4. The minimum absolute atomic E-state index is 0.141. The summed E-state index contributed by atoms with van der Waals surface area (Å²) >= 11 is 0. The molecule has 0 aliphatic heterocycles. The van der Waals surface area contributed by atoms with Crippen LogP contribution in [0.15, 0.2) is 24.4 Å². The Morgan fingerprint density at radius 2 is 2.20 bits per heavy atom. The van der Waals surface area contributed by atoms with Crippen LogP contribution in [0, 0.1) is 5.92 Å². The van der Waals surface area contributed by atoms with Crippen LogP contribution in [0.25, 0.3) is 10.9 Å². The van der Waals surface area contributed by atoms with Gasteiger partial charge in [0.25, 0.3) is 5.91 Å². The number of benzene rings is 1. The van der Waals surface area contributed by atoms with Crippen LogP contribution in [0.4, 0.5) is 0 Å². The molecule has 1 atom stereocenters. The molecule has 2 rings (SSSR count). The van der Waals surface area contributed by atoms with Gasteiger partial charge < -0.3 is 9.64 Å². The van der Waals surface area contributed by atoms with Crippen LogP contribution in [-0.2, 0) is 9.53 Å². The number of H-pyrrole nitrogens is 1. The number of nitrogens with one attached hydrogen (secondary N) is 1. The molecule has 1 amide bonds. The monoisotopic (exact) mass is 275 g/mol. The summed E-state index contributed by atoms with van der Waals surface area (Å²) in [5.74, 6) is -0.823. The van der Waals surface area contributed by atoms with Gasteiger partial charge in [-0.15, -0.1) is 0 Å². The number of aromatic nitrogens is 2. The van der Waals surface area contributed by atoms with E-state index in [4.69, 9.17) is 0 Å². The van der Waals surface area contributed by atoms with Gasteiger partial charge in [0.05, 0.1) is 24.7 Å². The highest BCUT2D eigenvalue weighted by molar-refractivity contribution is 5.97. The molecule has 1 unspecified atom stereocenters. The summed E-state index contributed by atoms with van der Waals surface area (Å²) in [7, 11) is 3.01. The summed E-state index contributed by atoms with van der Waals surface area (Å²) in [6.07, 6.45) is 1.70. The molecule has 6 heteroatoms. The Hall–Kier alpha value is -2.37. The van der Waals surface area contributed by atoms with Crippen molar-refractivity contribution >= 4 is 22.8 Å². The van der Waals surface area contributed by atoms with E-state index in [9.17, 15) is 9.59 Å². The summed E-state index contributed by atoms with van der Waals surface area (Å²) in [5.41, 5.74) is 1.37. The number of carbonyl (C=O) groups is 2. The van der Waals surface area contributed by atoms with E-state index in [2.05, 4.69) is 14.9 Å². The molecule has 1 N–H and O–H groups in total. The number of ether oxygens (including phenoxy) is 1. The number of fused-ring (bicyclic) bond motifs is 1. The van der Waals surface area contributed by atoms with E-state index >= 15 is 0 Å². The number of esters is 1.